The lowest BCUT2D eigenvalue weighted by Crippen LogP contribution is -2.85. The minimum Gasteiger partial charge on any atom is -0.459 e. The van der Waals surface area contributed by atoms with Crippen LogP contribution in [0.3, 0.4) is 0 Å². The third-order valence-electron chi connectivity index (χ3n) is 1.76. The molecule has 0 heterocycles. The minimum absolute atomic E-state index is 0.000718. The summed E-state index contributed by atoms with van der Waals surface area (Å²) in [5, 5.41) is 2.13. The second-order valence-electron chi connectivity index (χ2n) is 2.99. The highest BCUT2D eigenvalue weighted by Gasteiger charge is 2.13. The van der Waals surface area contributed by atoms with Crippen molar-refractivity contribution in [3.63, 3.8) is 0 Å². The normalized spacial score (nSPS) is 12.1. The van der Waals surface area contributed by atoms with Crippen LogP contribution in [0.4, 0.5) is 0 Å². The van der Waals surface area contributed by atoms with Gasteiger partial charge in [0, 0.05) is 6.42 Å². The van der Waals surface area contributed by atoms with Crippen LogP contribution < -0.4 is 5.32 Å². The topological polar surface area (TPSA) is 42.9 Å². The Balaban J connectivity index is 3.27. The van der Waals surface area contributed by atoms with Gasteiger partial charge in [-0.2, -0.15) is 0 Å². The van der Waals surface area contributed by atoms with Crippen LogP contribution in [0, 0.1) is 0 Å². The largest absolute Gasteiger partial charge is 0.459 e. The fourth-order valence-electron chi connectivity index (χ4n) is 0.880. The summed E-state index contributed by atoms with van der Waals surface area (Å²) < 4.78 is 5.07. The van der Waals surface area contributed by atoms with E-state index in [2.05, 4.69) is 34.5 Å². The highest BCUT2D eigenvalue weighted by Crippen LogP contribution is 2.06. The molecule has 1 unspecified atom stereocenters. The van der Waals surface area contributed by atoms with Crippen molar-refractivity contribution in [2.45, 2.75) is 23.7 Å². The fourth-order valence-corrected chi connectivity index (χ4v) is 1.06. The zero-order valence-electron chi connectivity index (χ0n) is 8.67. The van der Waals surface area contributed by atoms with Crippen LogP contribution in [0.5, 0.6) is 0 Å². The van der Waals surface area contributed by atoms with E-state index in [1.54, 1.807) is 0 Å². The first-order chi connectivity index (χ1) is 6.72. The van der Waals surface area contributed by atoms with Crippen molar-refractivity contribution >= 4 is 28.6 Å². The van der Waals surface area contributed by atoms with Crippen molar-refractivity contribution in [1.82, 2.24) is 0 Å². The molecule has 0 aromatic rings. The molecule has 0 saturated heterocycles. The predicted octanol–water partition coefficient (Wildman–Crippen LogP) is 0.883. The molecule has 14 heavy (non-hydrogen) atoms. The Bertz CT molecular complexity index is 174. The average molecular weight is 312 g/mol. The van der Waals surface area contributed by atoms with E-state index in [1.807, 2.05) is 13.0 Å². The molecule has 0 radical (unpaired) electrons. The van der Waals surface area contributed by atoms with E-state index in [4.69, 9.17) is 4.74 Å². The van der Waals surface area contributed by atoms with Gasteiger partial charge in [-0.15, -0.1) is 6.58 Å². The number of esters is 1. The zero-order valence-corrected chi connectivity index (χ0v) is 10.8. The van der Waals surface area contributed by atoms with Crippen molar-refractivity contribution in [3.05, 3.63) is 12.7 Å². The maximum absolute atomic E-state index is 11.2. The molecular weight excluding hydrogens is 293 g/mol. The SMILES string of the molecule is C=CCC[NH2+]CCOC(=O)C(I)CC. The number of halogens is 1. The molecule has 0 aliphatic carbocycles. The second-order valence-corrected chi connectivity index (χ2v) is 4.49. The van der Waals surface area contributed by atoms with Gasteiger partial charge in [0.15, 0.2) is 0 Å². The molecule has 0 aromatic heterocycles. The quantitative estimate of drug-likeness (QED) is 0.238. The lowest BCUT2D eigenvalue weighted by Gasteiger charge is -2.06. The first-order valence-corrected chi connectivity index (χ1v) is 6.20. The Morgan fingerprint density at radius 1 is 1.64 bits per heavy atom. The summed E-state index contributed by atoms with van der Waals surface area (Å²) in [4.78, 5) is 11.2. The van der Waals surface area contributed by atoms with Crippen molar-refractivity contribution in [1.29, 1.82) is 0 Å². The zero-order chi connectivity index (χ0) is 10.8. The van der Waals surface area contributed by atoms with Gasteiger partial charge < -0.3 is 10.1 Å². The summed E-state index contributed by atoms with van der Waals surface area (Å²) in [6, 6.07) is 0. The molecule has 2 N–H and O–H groups in total. The van der Waals surface area contributed by atoms with Crippen LogP contribution in [-0.2, 0) is 9.53 Å². The van der Waals surface area contributed by atoms with E-state index in [-0.39, 0.29) is 9.89 Å². The molecule has 0 aromatic carbocycles. The molecule has 0 amide bonds. The molecule has 4 heteroatoms. The third-order valence-corrected chi connectivity index (χ3v) is 3.14. The van der Waals surface area contributed by atoms with E-state index in [0.717, 1.165) is 25.9 Å². The molecule has 0 bridgehead atoms. The molecule has 0 fully saturated rings. The fraction of sp³-hybridized carbons (Fsp3) is 0.700. The summed E-state index contributed by atoms with van der Waals surface area (Å²) in [6.45, 7) is 7.98. The molecule has 0 saturated carbocycles. The van der Waals surface area contributed by atoms with Crippen LogP contribution >= 0.6 is 22.6 Å². The molecule has 3 nitrogen and oxygen atoms in total. The number of hydrogen-bond acceptors (Lipinski definition) is 2. The molecule has 0 rings (SSSR count). The van der Waals surface area contributed by atoms with Crippen LogP contribution in [0.2, 0.25) is 0 Å². The molecule has 82 valence electrons. The monoisotopic (exact) mass is 312 g/mol. The lowest BCUT2D eigenvalue weighted by atomic mass is 10.3. The van der Waals surface area contributed by atoms with Gasteiger partial charge in [0.05, 0.1) is 6.54 Å². The summed E-state index contributed by atoms with van der Waals surface area (Å²) in [5.41, 5.74) is 0. The van der Waals surface area contributed by atoms with Gasteiger partial charge >= 0.3 is 5.97 Å². The van der Waals surface area contributed by atoms with Gasteiger partial charge in [-0.05, 0) is 6.42 Å². The molecule has 0 spiro atoms. The first-order valence-electron chi connectivity index (χ1n) is 4.95. The maximum atomic E-state index is 11.2. The number of rotatable bonds is 8. The summed E-state index contributed by atoms with van der Waals surface area (Å²) in [5.74, 6) is -0.0924. The Hall–Kier alpha value is -0.100. The van der Waals surface area contributed by atoms with E-state index >= 15 is 0 Å². The van der Waals surface area contributed by atoms with Gasteiger partial charge in [-0.1, -0.05) is 35.6 Å². The van der Waals surface area contributed by atoms with Gasteiger partial charge in [-0.3, -0.25) is 4.79 Å². The van der Waals surface area contributed by atoms with Crippen molar-refractivity contribution in [2.24, 2.45) is 0 Å². The Kier molecular flexibility index (Phi) is 9.39. The number of quaternary nitrogens is 1. The molecular formula is C10H19INO2+. The smallest absolute Gasteiger partial charge is 0.319 e. The van der Waals surface area contributed by atoms with Crippen LogP contribution in [0.25, 0.3) is 0 Å². The summed E-state index contributed by atoms with van der Waals surface area (Å²) in [7, 11) is 0. The minimum atomic E-state index is -0.0924. The Morgan fingerprint density at radius 3 is 2.93 bits per heavy atom. The molecule has 0 aliphatic heterocycles. The Labute approximate surface area is 99.4 Å². The van der Waals surface area contributed by atoms with Gasteiger partial charge in [0.2, 0.25) is 0 Å². The predicted molar refractivity (Wildman–Crippen MR) is 65.5 cm³/mol. The summed E-state index contributed by atoms with van der Waals surface area (Å²) >= 11 is 2.11. The first kappa shape index (κ1) is 13.9. The highest BCUT2D eigenvalue weighted by molar-refractivity contribution is 14.1. The number of ether oxygens (including phenoxy) is 1. The van der Waals surface area contributed by atoms with Crippen molar-refractivity contribution < 1.29 is 14.8 Å². The maximum Gasteiger partial charge on any atom is 0.319 e. The van der Waals surface area contributed by atoms with E-state index in [0.29, 0.717) is 6.61 Å². The van der Waals surface area contributed by atoms with Crippen molar-refractivity contribution in [2.75, 3.05) is 19.7 Å². The van der Waals surface area contributed by atoms with Crippen molar-refractivity contribution in [3.8, 4) is 0 Å². The number of carbonyl (C=O) groups is 1. The van der Waals surface area contributed by atoms with Gasteiger partial charge in [0.1, 0.15) is 17.1 Å². The molecule has 0 aliphatic rings. The number of alkyl halides is 1. The Morgan fingerprint density at radius 2 is 2.36 bits per heavy atom. The highest BCUT2D eigenvalue weighted by atomic mass is 127. The standard InChI is InChI=1S/C10H18INO2/c1-3-5-6-12-7-8-14-10(13)9(11)4-2/h3,9,12H,1,4-8H2,2H3/p+1. The van der Waals surface area contributed by atoms with E-state index in [9.17, 15) is 4.79 Å². The summed E-state index contributed by atoms with van der Waals surface area (Å²) in [6.07, 6.45) is 3.72. The van der Waals surface area contributed by atoms with Crippen LogP contribution in [-0.4, -0.2) is 29.6 Å². The van der Waals surface area contributed by atoms with E-state index < -0.39 is 0 Å². The van der Waals surface area contributed by atoms with Crippen LogP contribution in [0.15, 0.2) is 12.7 Å². The van der Waals surface area contributed by atoms with Gasteiger partial charge in [-0.25, -0.2) is 0 Å². The average Bonchev–Trinajstić information content (AvgIpc) is 2.21. The van der Waals surface area contributed by atoms with E-state index in [1.165, 1.54) is 0 Å². The second kappa shape index (κ2) is 9.45. The lowest BCUT2D eigenvalue weighted by molar-refractivity contribution is -0.654. The molecule has 1 atom stereocenters. The third kappa shape index (κ3) is 7.32. The van der Waals surface area contributed by atoms with Gasteiger partial charge in [0.25, 0.3) is 0 Å². The number of carbonyl (C=O) groups excluding carboxylic acids is 1. The van der Waals surface area contributed by atoms with Crippen LogP contribution in [0.1, 0.15) is 19.8 Å². The number of hydrogen-bond donors (Lipinski definition) is 1. The number of nitrogens with two attached hydrogens (primary N) is 1.